The maximum absolute atomic E-state index is 12.4. The zero-order chi connectivity index (χ0) is 14.9. The molecule has 1 saturated carbocycles. The Morgan fingerprint density at radius 3 is 2.35 bits per heavy atom. The van der Waals surface area contributed by atoms with Gasteiger partial charge in [-0.2, -0.15) is 0 Å². The molecule has 5 heteroatoms. The lowest BCUT2D eigenvalue weighted by atomic mass is 10.1. The Balaban J connectivity index is 2.09. The Bertz CT molecular complexity index is 524. The highest BCUT2D eigenvalue weighted by Crippen LogP contribution is 2.52. The van der Waals surface area contributed by atoms with Gasteiger partial charge in [0.05, 0.1) is 0 Å². The van der Waals surface area contributed by atoms with E-state index in [0.717, 1.165) is 12.0 Å². The van der Waals surface area contributed by atoms with Gasteiger partial charge in [-0.1, -0.05) is 37.6 Å². The lowest BCUT2D eigenvalue weighted by Crippen LogP contribution is -2.37. The Kier molecular flexibility index (Phi) is 4.04. The number of halogens is 1. The van der Waals surface area contributed by atoms with E-state index in [2.05, 4.69) is 0 Å². The number of rotatable bonds is 5. The van der Waals surface area contributed by atoms with E-state index in [9.17, 15) is 9.59 Å². The van der Waals surface area contributed by atoms with Crippen LogP contribution in [0.1, 0.15) is 25.8 Å². The van der Waals surface area contributed by atoms with Crippen molar-refractivity contribution in [2.24, 2.45) is 11.3 Å². The van der Waals surface area contributed by atoms with Crippen LogP contribution < -0.4 is 0 Å². The third-order valence-corrected chi connectivity index (χ3v) is 3.99. The highest BCUT2D eigenvalue weighted by atomic mass is 35.5. The quantitative estimate of drug-likeness (QED) is 0.909. The first-order valence-corrected chi connectivity index (χ1v) is 6.92. The van der Waals surface area contributed by atoms with Crippen molar-refractivity contribution in [3.63, 3.8) is 0 Å². The molecule has 1 amide bonds. The van der Waals surface area contributed by atoms with Crippen LogP contribution in [-0.2, 0) is 16.1 Å². The molecule has 20 heavy (non-hydrogen) atoms. The van der Waals surface area contributed by atoms with Gasteiger partial charge in [-0.15, -0.1) is 0 Å². The van der Waals surface area contributed by atoms with Gasteiger partial charge < -0.3 is 10.0 Å². The van der Waals surface area contributed by atoms with Crippen LogP contribution in [0.2, 0.25) is 5.02 Å². The average molecular weight is 296 g/mol. The second-order valence-electron chi connectivity index (χ2n) is 5.96. The molecule has 0 aromatic heterocycles. The van der Waals surface area contributed by atoms with Crippen LogP contribution in [0.4, 0.5) is 0 Å². The van der Waals surface area contributed by atoms with Crippen molar-refractivity contribution >= 4 is 23.5 Å². The highest BCUT2D eigenvalue weighted by Gasteiger charge is 2.52. The Morgan fingerprint density at radius 2 is 1.90 bits per heavy atom. The number of carbonyl (C=O) groups excluding carboxylic acids is 1. The molecule has 1 N–H and O–H groups in total. The van der Waals surface area contributed by atoms with Crippen molar-refractivity contribution in [1.29, 1.82) is 0 Å². The summed E-state index contributed by atoms with van der Waals surface area (Å²) in [5, 5.41) is 9.59. The molecule has 1 atom stereocenters. The predicted octanol–water partition coefficient (Wildman–Crippen LogP) is 2.80. The number of aliphatic carboxylic acids is 1. The second-order valence-corrected chi connectivity index (χ2v) is 6.40. The molecule has 0 bridgehead atoms. The first-order chi connectivity index (χ1) is 9.29. The highest BCUT2D eigenvalue weighted by molar-refractivity contribution is 6.30. The summed E-state index contributed by atoms with van der Waals surface area (Å²) < 4.78 is 0. The fourth-order valence-electron chi connectivity index (χ4n) is 2.29. The summed E-state index contributed by atoms with van der Waals surface area (Å²) in [4.78, 5) is 24.7. The van der Waals surface area contributed by atoms with E-state index >= 15 is 0 Å². The summed E-state index contributed by atoms with van der Waals surface area (Å²) in [5.41, 5.74) is 0.871. The topological polar surface area (TPSA) is 57.6 Å². The van der Waals surface area contributed by atoms with E-state index < -0.39 is 5.97 Å². The zero-order valence-corrected chi connectivity index (χ0v) is 12.4. The van der Waals surface area contributed by atoms with Crippen LogP contribution in [0, 0.1) is 11.3 Å². The van der Waals surface area contributed by atoms with Crippen LogP contribution in [0.15, 0.2) is 24.3 Å². The molecule has 2 rings (SSSR count). The number of hydrogen-bond donors (Lipinski definition) is 1. The van der Waals surface area contributed by atoms with E-state index in [0.29, 0.717) is 11.6 Å². The van der Waals surface area contributed by atoms with Crippen molar-refractivity contribution in [2.75, 3.05) is 6.54 Å². The van der Waals surface area contributed by atoms with E-state index in [1.165, 1.54) is 4.90 Å². The van der Waals surface area contributed by atoms with Crippen molar-refractivity contribution in [3.05, 3.63) is 34.9 Å². The fourth-order valence-corrected chi connectivity index (χ4v) is 2.42. The molecule has 0 unspecified atom stereocenters. The largest absolute Gasteiger partial charge is 0.480 e. The predicted molar refractivity (Wildman–Crippen MR) is 76.4 cm³/mol. The molecule has 0 spiro atoms. The average Bonchev–Trinajstić information content (AvgIpc) is 2.99. The minimum Gasteiger partial charge on any atom is -0.480 e. The van der Waals surface area contributed by atoms with Crippen molar-refractivity contribution < 1.29 is 14.7 Å². The first-order valence-electron chi connectivity index (χ1n) is 6.54. The van der Waals surface area contributed by atoms with Crippen LogP contribution in [-0.4, -0.2) is 28.4 Å². The lowest BCUT2D eigenvalue weighted by molar-refractivity contribution is -0.145. The maximum Gasteiger partial charge on any atom is 0.323 e. The van der Waals surface area contributed by atoms with Gasteiger partial charge in [0.2, 0.25) is 5.91 Å². The molecule has 1 aliphatic carbocycles. The van der Waals surface area contributed by atoms with Crippen molar-refractivity contribution in [1.82, 2.24) is 4.90 Å². The summed E-state index contributed by atoms with van der Waals surface area (Å²) in [6.07, 6.45) is 0.822. The number of nitrogens with zero attached hydrogens (tertiary/aromatic N) is 1. The van der Waals surface area contributed by atoms with Gasteiger partial charge in [-0.05, 0) is 29.5 Å². The summed E-state index contributed by atoms with van der Waals surface area (Å²) in [6.45, 7) is 4.08. The SMILES string of the molecule is CC1(C)C[C@@H]1C(=O)N(CC(=O)O)Cc1ccc(Cl)cc1. The summed E-state index contributed by atoms with van der Waals surface area (Å²) in [6, 6.07) is 7.09. The van der Waals surface area contributed by atoms with Gasteiger partial charge in [0.15, 0.2) is 0 Å². The number of carboxylic acids is 1. The standard InChI is InChI=1S/C15H18ClNO3/c1-15(2)7-12(15)14(20)17(9-13(18)19)8-10-3-5-11(16)6-4-10/h3-6,12H,7-9H2,1-2H3,(H,18,19)/t12-/m1/s1. The van der Waals surface area contributed by atoms with Gasteiger partial charge in [-0.3, -0.25) is 9.59 Å². The van der Waals surface area contributed by atoms with Crippen LogP contribution in [0.5, 0.6) is 0 Å². The molecule has 0 heterocycles. The zero-order valence-electron chi connectivity index (χ0n) is 11.6. The van der Waals surface area contributed by atoms with Crippen LogP contribution >= 0.6 is 11.6 Å². The summed E-state index contributed by atoms with van der Waals surface area (Å²) in [7, 11) is 0. The maximum atomic E-state index is 12.4. The Labute approximate surface area is 123 Å². The van der Waals surface area contributed by atoms with Crippen LogP contribution in [0.3, 0.4) is 0 Å². The van der Waals surface area contributed by atoms with Gasteiger partial charge in [-0.25, -0.2) is 0 Å². The number of carboxylic acid groups (broad SMARTS) is 1. The van der Waals surface area contributed by atoms with Gasteiger partial charge in [0, 0.05) is 17.5 Å². The molecular formula is C15H18ClNO3. The number of benzene rings is 1. The minimum atomic E-state index is -0.995. The lowest BCUT2D eigenvalue weighted by Gasteiger charge is -2.21. The third kappa shape index (κ3) is 3.51. The summed E-state index contributed by atoms with van der Waals surface area (Å²) in [5.74, 6) is -1.13. The van der Waals surface area contributed by atoms with Crippen molar-refractivity contribution in [2.45, 2.75) is 26.8 Å². The van der Waals surface area contributed by atoms with Crippen molar-refractivity contribution in [3.8, 4) is 0 Å². The van der Waals surface area contributed by atoms with Gasteiger partial charge >= 0.3 is 5.97 Å². The van der Waals surface area contributed by atoms with Crippen LogP contribution in [0.25, 0.3) is 0 Å². The molecule has 1 aliphatic rings. The number of amides is 1. The van der Waals surface area contributed by atoms with Gasteiger partial charge in [0.1, 0.15) is 6.54 Å². The molecule has 1 aromatic rings. The smallest absolute Gasteiger partial charge is 0.323 e. The molecule has 4 nitrogen and oxygen atoms in total. The molecule has 0 aliphatic heterocycles. The normalized spacial score (nSPS) is 19.4. The monoisotopic (exact) mass is 295 g/mol. The van der Waals surface area contributed by atoms with E-state index in [1.807, 2.05) is 26.0 Å². The fraction of sp³-hybridized carbons (Fsp3) is 0.467. The minimum absolute atomic E-state index is 0.00612. The third-order valence-electron chi connectivity index (χ3n) is 3.74. The first kappa shape index (κ1) is 14.9. The van der Waals surface area contributed by atoms with E-state index in [1.54, 1.807) is 12.1 Å². The summed E-state index contributed by atoms with van der Waals surface area (Å²) >= 11 is 5.82. The molecule has 1 fully saturated rings. The number of hydrogen-bond acceptors (Lipinski definition) is 2. The molecular weight excluding hydrogens is 278 g/mol. The second kappa shape index (κ2) is 5.44. The Hall–Kier alpha value is -1.55. The van der Waals surface area contributed by atoms with E-state index in [4.69, 9.17) is 16.7 Å². The Morgan fingerprint density at radius 1 is 1.35 bits per heavy atom. The van der Waals surface area contributed by atoms with Gasteiger partial charge in [0.25, 0.3) is 0 Å². The number of carbonyl (C=O) groups is 2. The molecule has 1 aromatic carbocycles. The van der Waals surface area contributed by atoms with E-state index in [-0.39, 0.29) is 23.8 Å². The molecule has 108 valence electrons. The molecule has 0 saturated heterocycles. The molecule has 0 radical (unpaired) electrons.